The third-order valence-corrected chi connectivity index (χ3v) is 5.92. The van der Waals surface area contributed by atoms with E-state index in [0.717, 1.165) is 16.6 Å². The van der Waals surface area contributed by atoms with E-state index in [4.69, 9.17) is 0 Å². The number of anilines is 1. The van der Waals surface area contributed by atoms with E-state index in [9.17, 15) is 4.79 Å². The van der Waals surface area contributed by atoms with Gasteiger partial charge in [-0.3, -0.25) is 9.78 Å². The van der Waals surface area contributed by atoms with Crippen LogP contribution in [0, 0.1) is 5.41 Å². The van der Waals surface area contributed by atoms with E-state index in [2.05, 4.69) is 22.4 Å². The standard InChI is InChI=1S/C20H26N2OS/c1-20(2,3)19(23)22-16-11-12-17(15-10-7-13-21-18(15)16)24-14-8-5-4-6-9-14/h7,10-14H,4-6,8-9H2,1-3H3,(H,22,23). The summed E-state index contributed by atoms with van der Waals surface area (Å²) in [4.78, 5) is 18.2. The predicted octanol–water partition coefficient (Wildman–Crippen LogP) is 5.64. The van der Waals surface area contributed by atoms with Gasteiger partial charge in [-0.25, -0.2) is 0 Å². The van der Waals surface area contributed by atoms with Gasteiger partial charge in [0.2, 0.25) is 5.91 Å². The summed E-state index contributed by atoms with van der Waals surface area (Å²) in [6, 6.07) is 8.23. The van der Waals surface area contributed by atoms with E-state index >= 15 is 0 Å². The molecule has 1 aliphatic carbocycles. The maximum absolute atomic E-state index is 12.3. The maximum atomic E-state index is 12.3. The highest BCUT2D eigenvalue weighted by Gasteiger charge is 2.23. The molecule has 1 amide bonds. The van der Waals surface area contributed by atoms with Crippen molar-refractivity contribution in [2.75, 3.05) is 5.32 Å². The first kappa shape index (κ1) is 17.3. The van der Waals surface area contributed by atoms with E-state index in [1.54, 1.807) is 6.20 Å². The highest BCUT2D eigenvalue weighted by Crippen LogP contribution is 2.38. The molecule has 1 saturated carbocycles. The molecule has 4 heteroatoms. The van der Waals surface area contributed by atoms with Crippen LogP contribution < -0.4 is 5.32 Å². The fourth-order valence-corrected chi connectivity index (χ4v) is 4.39. The van der Waals surface area contributed by atoms with Crippen molar-refractivity contribution < 1.29 is 4.79 Å². The molecule has 0 saturated heterocycles. The van der Waals surface area contributed by atoms with Gasteiger partial charge in [-0.05, 0) is 31.0 Å². The first-order chi connectivity index (χ1) is 11.4. The van der Waals surface area contributed by atoms with Crippen molar-refractivity contribution in [1.82, 2.24) is 4.98 Å². The summed E-state index contributed by atoms with van der Waals surface area (Å²) < 4.78 is 0. The molecule has 0 aliphatic heterocycles. The van der Waals surface area contributed by atoms with E-state index in [1.807, 2.05) is 44.7 Å². The Labute approximate surface area is 148 Å². The number of thioether (sulfide) groups is 1. The van der Waals surface area contributed by atoms with Crippen molar-refractivity contribution in [1.29, 1.82) is 0 Å². The SMILES string of the molecule is CC(C)(C)C(=O)Nc1ccc(SC2CCCCC2)c2cccnc12. The summed E-state index contributed by atoms with van der Waals surface area (Å²) in [5.41, 5.74) is 1.27. The van der Waals surface area contributed by atoms with E-state index < -0.39 is 5.41 Å². The van der Waals surface area contributed by atoms with Crippen molar-refractivity contribution in [2.45, 2.75) is 63.0 Å². The number of amides is 1. The Morgan fingerprint density at radius 2 is 1.92 bits per heavy atom. The molecule has 2 aromatic rings. The van der Waals surface area contributed by atoms with Crippen LogP contribution in [0.15, 0.2) is 35.4 Å². The number of benzene rings is 1. The van der Waals surface area contributed by atoms with E-state index in [1.165, 1.54) is 37.0 Å². The minimum absolute atomic E-state index is 0.0159. The number of aromatic nitrogens is 1. The minimum atomic E-state index is -0.420. The number of carbonyl (C=O) groups is 1. The molecule has 1 aromatic carbocycles. The number of fused-ring (bicyclic) bond motifs is 1. The number of hydrogen-bond donors (Lipinski definition) is 1. The summed E-state index contributed by atoms with van der Waals surface area (Å²) in [6.45, 7) is 5.77. The number of pyridine rings is 1. The summed E-state index contributed by atoms with van der Waals surface area (Å²) in [7, 11) is 0. The Morgan fingerprint density at radius 1 is 1.17 bits per heavy atom. The Balaban J connectivity index is 1.90. The zero-order valence-corrected chi connectivity index (χ0v) is 15.6. The lowest BCUT2D eigenvalue weighted by Crippen LogP contribution is -2.27. The van der Waals surface area contributed by atoms with Gasteiger partial charge in [0.1, 0.15) is 0 Å². The minimum Gasteiger partial charge on any atom is -0.324 e. The average molecular weight is 343 g/mol. The number of hydrogen-bond acceptors (Lipinski definition) is 3. The highest BCUT2D eigenvalue weighted by atomic mass is 32.2. The van der Waals surface area contributed by atoms with Crippen LogP contribution >= 0.6 is 11.8 Å². The van der Waals surface area contributed by atoms with Crippen molar-refractivity contribution in [3.63, 3.8) is 0 Å². The molecule has 0 radical (unpaired) electrons. The predicted molar refractivity (Wildman–Crippen MR) is 103 cm³/mol. The van der Waals surface area contributed by atoms with Gasteiger partial charge in [0, 0.05) is 27.1 Å². The van der Waals surface area contributed by atoms with E-state index in [-0.39, 0.29) is 5.91 Å². The van der Waals surface area contributed by atoms with Crippen molar-refractivity contribution in [2.24, 2.45) is 5.41 Å². The van der Waals surface area contributed by atoms with Crippen LogP contribution in [-0.4, -0.2) is 16.1 Å². The topological polar surface area (TPSA) is 42.0 Å². The van der Waals surface area contributed by atoms with Crippen LogP contribution in [0.5, 0.6) is 0 Å². The number of rotatable bonds is 3. The summed E-state index contributed by atoms with van der Waals surface area (Å²) in [5, 5.41) is 4.89. The molecule has 0 spiro atoms. The lowest BCUT2D eigenvalue weighted by atomic mass is 9.95. The van der Waals surface area contributed by atoms with Crippen molar-refractivity contribution in [3.8, 4) is 0 Å². The second kappa shape index (κ2) is 7.14. The lowest BCUT2D eigenvalue weighted by molar-refractivity contribution is -0.123. The Bertz CT molecular complexity index is 730. The Hall–Kier alpha value is -1.55. The molecule has 24 heavy (non-hydrogen) atoms. The second-order valence-corrected chi connectivity index (χ2v) is 8.94. The first-order valence-electron chi connectivity index (χ1n) is 8.81. The number of carbonyl (C=O) groups excluding carboxylic acids is 1. The van der Waals surface area contributed by atoms with Crippen LogP contribution in [-0.2, 0) is 4.79 Å². The van der Waals surface area contributed by atoms with Crippen LogP contribution in [0.2, 0.25) is 0 Å². The molecule has 3 nitrogen and oxygen atoms in total. The number of nitrogens with one attached hydrogen (secondary N) is 1. The van der Waals surface area contributed by atoms with Gasteiger partial charge in [0.05, 0.1) is 11.2 Å². The Morgan fingerprint density at radius 3 is 2.62 bits per heavy atom. The molecule has 1 aromatic heterocycles. The monoisotopic (exact) mass is 342 g/mol. The van der Waals surface area contributed by atoms with Crippen LogP contribution in [0.3, 0.4) is 0 Å². The molecular weight excluding hydrogens is 316 g/mol. The molecule has 128 valence electrons. The first-order valence-corrected chi connectivity index (χ1v) is 9.69. The molecule has 1 fully saturated rings. The molecule has 1 N–H and O–H groups in total. The van der Waals surface area contributed by atoms with Gasteiger partial charge < -0.3 is 5.32 Å². The third-order valence-electron chi connectivity index (χ3n) is 4.50. The van der Waals surface area contributed by atoms with Crippen LogP contribution in [0.25, 0.3) is 10.9 Å². The summed E-state index contributed by atoms with van der Waals surface area (Å²) in [6.07, 6.45) is 8.45. The fourth-order valence-electron chi connectivity index (χ4n) is 3.02. The van der Waals surface area contributed by atoms with E-state index in [0.29, 0.717) is 5.25 Å². The van der Waals surface area contributed by atoms with Gasteiger partial charge in [-0.2, -0.15) is 0 Å². The van der Waals surface area contributed by atoms with Gasteiger partial charge >= 0.3 is 0 Å². The molecular formula is C20H26N2OS. The summed E-state index contributed by atoms with van der Waals surface area (Å²) in [5.74, 6) is 0.0159. The molecule has 0 bridgehead atoms. The fraction of sp³-hybridized carbons (Fsp3) is 0.500. The molecule has 3 rings (SSSR count). The lowest BCUT2D eigenvalue weighted by Gasteiger charge is -2.22. The molecule has 1 heterocycles. The second-order valence-electron chi connectivity index (χ2n) is 7.59. The Kier molecular flexibility index (Phi) is 5.14. The largest absolute Gasteiger partial charge is 0.324 e. The molecule has 0 atom stereocenters. The van der Waals surface area contributed by atoms with Crippen LogP contribution in [0.1, 0.15) is 52.9 Å². The molecule has 0 unspecified atom stereocenters. The zero-order chi connectivity index (χ0) is 17.2. The smallest absolute Gasteiger partial charge is 0.229 e. The van der Waals surface area contributed by atoms with Crippen LogP contribution in [0.4, 0.5) is 5.69 Å². The van der Waals surface area contributed by atoms with Gasteiger partial charge in [0.25, 0.3) is 0 Å². The van der Waals surface area contributed by atoms with Crippen molar-refractivity contribution in [3.05, 3.63) is 30.5 Å². The van der Waals surface area contributed by atoms with Gasteiger partial charge in [-0.1, -0.05) is 46.1 Å². The zero-order valence-electron chi connectivity index (χ0n) is 14.8. The third kappa shape index (κ3) is 3.92. The highest BCUT2D eigenvalue weighted by molar-refractivity contribution is 8.00. The molecule has 1 aliphatic rings. The normalized spacial score (nSPS) is 16.3. The average Bonchev–Trinajstić information content (AvgIpc) is 2.57. The number of nitrogens with zero attached hydrogens (tertiary/aromatic N) is 1. The van der Waals surface area contributed by atoms with Gasteiger partial charge in [0.15, 0.2) is 0 Å². The quantitative estimate of drug-likeness (QED) is 0.784. The maximum Gasteiger partial charge on any atom is 0.229 e. The van der Waals surface area contributed by atoms with Crippen molar-refractivity contribution >= 4 is 34.3 Å². The van der Waals surface area contributed by atoms with Gasteiger partial charge in [-0.15, -0.1) is 11.8 Å². The summed E-state index contributed by atoms with van der Waals surface area (Å²) >= 11 is 1.97.